The SMILES string of the molecule is C/C=C\c1ccc2c(-c3ccc(-c4nc(-c5ccccc5)nc(-c5ccccc5-c5ccccc5)n4)cc3)c3ccc4ccccc4c3nc2c1C. The van der Waals surface area contributed by atoms with Gasteiger partial charge in [0.2, 0.25) is 0 Å². The second-order valence-electron chi connectivity index (χ2n) is 13.0. The third-order valence-electron chi connectivity index (χ3n) is 9.83. The maximum atomic E-state index is 5.34. The topological polar surface area (TPSA) is 51.6 Å². The summed E-state index contributed by atoms with van der Waals surface area (Å²) in [5.74, 6) is 1.90. The molecule has 9 rings (SSSR count). The molecular formula is C48H34N4. The van der Waals surface area contributed by atoms with Crippen LogP contribution in [0.15, 0.2) is 164 Å². The molecule has 2 heterocycles. The molecule has 0 saturated carbocycles. The van der Waals surface area contributed by atoms with E-state index in [1.54, 1.807) is 0 Å². The molecule has 4 heteroatoms. The van der Waals surface area contributed by atoms with Crippen molar-refractivity contribution in [2.45, 2.75) is 13.8 Å². The molecule has 4 nitrogen and oxygen atoms in total. The van der Waals surface area contributed by atoms with E-state index in [0.29, 0.717) is 17.5 Å². The summed E-state index contributed by atoms with van der Waals surface area (Å²) >= 11 is 0. The van der Waals surface area contributed by atoms with Crippen molar-refractivity contribution in [2.24, 2.45) is 0 Å². The fraction of sp³-hybridized carbons (Fsp3) is 0.0417. The summed E-state index contributed by atoms with van der Waals surface area (Å²) in [6.07, 6.45) is 4.24. The van der Waals surface area contributed by atoms with Gasteiger partial charge in [-0.15, -0.1) is 0 Å². The Balaban J connectivity index is 1.23. The normalized spacial score (nSPS) is 11.6. The van der Waals surface area contributed by atoms with Gasteiger partial charge in [0, 0.05) is 38.4 Å². The fourth-order valence-corrected chi connectivity index (χ4v) is 7.24. The summed E-state index contributed by atoms with van der Waals surface area (Å²) in [6, 6.07) is 54.8. The number of aromatic nitrogens is 4. The van der Waals surface area contributed by atoms with Crippen molar-refractivity contribution >= 4 is 38.7 Å². The van der Waals surface area contributed by atoms with E-state index in [9.17, 15) is 0 Å². The first kappa shape index (κ1) is 31.2. The second kappa shape index (κ2) is 13.2. The van der Waals surface area contributed by atoms with E-state index in [1.807, 2.05) is 42.5 Å². The third-order valence-corrected chi connectivity index (χ3v) is 9.83. The molecule has 0 aliphatic rings. The molecule has 7 aromatic carbocycles. The number of fused-ring (bicyclic) bond motifs is 4. The van der Waals surface area contributed by atoms with Crippen LogP contribution in [0.3, 0.4) is 0 Å². The summed E-state index contributed by atoms with van der Waals surface area (Å²) in [5.41, 5.74) is 11.7. The van der Waals surface area contributed by atoms with Crippen LogP contribution in [-0.4, -0.2) is 19.9 Å². The Morgan fingerprint density at radius 3 is 1.69 bits per heavy atom. The number of hydrogen-bond donors (Lipinski definition) is 0. The number of rotatable bonds is 6. The van der Waals surface area contributed by atoms with Gasteiger partial charge in [0.1, 0.15) is 0 Å². The number of pyridine rings is 1. The highest BCUT2D eigenvalue weighted by atomic mass is 15.0. The van der Waals surface area contributed by atoms with Gasteiger partial charge in [-0.2, -0.15) is 0 Å². The van der Waals surface area contributed by atoms with Gasteiger partial charge < -0.3 is 0 Å². The molecular weight excluding hydrogens is 633 g/mol. The summed E-state index contributed by atoms with van der Waals surface area (Å²) in [5, 5.41) is 4.59. The van der Waals surface area contributed by atoms with Gasteiger partial charge in [0.15, 0.2) is 17.5 Å². The first-order chi connectivity index (χ1) is 25.7. The van der Waals surface area contributed by atoms with Gasteiger partial charge in [-0.05, 0) is 47.1 Å². The monoisotopic (exact) mass is 666 g/mol. The number of benzene rings is 7. The van der Waals surface area contributed by atoms with E-state index < -0.39 is 0 Å². The summed E-state index contributed by atoms with van der Waals surface area (Å²) in [7, 11) is 0. The Bertz CT molecular complexity index is 2790. The van der Waals surface area contributed by atoms with Crippen LogP contribution in [0, 0.1) is 6.92 Å². The zero-order valence-corrected chi connectivity index (χ0v) is 29.0. The maximum absolute atomic E-state index is 5.34. The molecule has 246 valence electrons. The molecule has 0 bridgehead atoms. The molecule has 0 aliphatic carbocycles. The van der Waals surface area contributed by atoms with Gasteiger partial charge in [0.25, 0.3) is 0 Å². The molecule has 0 aliphatic heterocycles. The van der Waals surface area contributed by atoms with Crippen LogP contribution in [0.4, 0.5) is 0 Å². The zero-order valence-electron chi connectivity index (χ0n) is 29.0. The maximum Gasteiger partial charge on any atom is 0.164 e. The zero-order chi connectivity index (χ0) is 35.0. The van der Waals surface area contributed by atoms with E-state index in [1.165, 1.54) is 22.1 Å². The van der Waals surface area contributed by atoms with Crippen LogP contribution in [0.5, 0.6) is 0 Å². The number of aryl methyl sites for hydroxylation is 1. The molecule has 9 aromatic rings. The minimum Gasteiger partial charge on any atom is -0.247 e. The first-order valence-corrected chi connectivity index (χ1v) is 17.6. The lowest BCUT2D eigenvalue weighted by molar-refractivity contribution is 1.07. The Morgan fingerprint density at radius 1 is 0.404 bits per heavy atom. The highest BCUT2D eigenvalue weighted by molar-refractivity contribution is 6.17. The van der Waals surface area contributed by atoms with Crippen LogP contribution in [0.25, 0.3) is 95.1 Å². The molecule has 0 atom stereocenters. The van der Waals surface area contributed by atoms with Crippen molar-refractivity contribution in [1.29, 1.82) is 0 Å². The highest BCUT2D eigenvalue weighted by Crippen LogP contribution is 2.40. The van der Waals surface area contributed by atoms with Crippen molar-refractivity contribution in [3.63, 3.8) is 0 Å². The van der Waals surface area contributed by atoms with Crippen LogP contribution >= 0.6 is 0 Å². The molecule has 0 radical (unpaired) electrons. The lowest BCUT2D eigenvalue weighted by Crippen LogP contribution is -2.01. The first-order valence-electron chi connectivity index (χ1n) is 17.6. The van der Waals surface area contributed by atoms with Crippen LogP contribution in [0.1, 0.15) is 18.1 Å². The van der Waals surface area contributed by atoms with Crippen molar-refractivity contribution < 1.29 is 0 Å². The van der Waals surface area contributed by atoms with Gasteiger partial charge in [-0.3, -0.25) is 0 Å². The van der Waals surface area contributed by atoms with Crippen molar-refractivity contribution in [1.82, 2.24) is 19.9 Å². The number of nitrogens with zero attached hydrogens (tertiary/aromatic N) is 4. The highest BCUT2D eigenvalue weighted by Gasteiger charge is 2.18. The molecule has 0 fully saturated rings. The van der Waals surface area contributed by atoms with E-state index in [2.05, 4.69) is 141 Å². The van der Waals surface area contributed by atoms with E-state index >= 15 is 0 Å². The predicted octanol–water partition coefficient (Wildman–Crippen LogP) is 12.4. The van der Waals surface area contributed by atoms with Gasteiger partial charge in [-0.1, -0.05) is 170 Å². The van der Waals surface area contributed by atoms with Crippen molar-refractivity contribution in [2.75, 3.05) is 0 Å². The van der Waals surface area contributed by atoms with Crippen LogP contribution in [0.2, 0.25) is 0 Å². The van der Waals surface area contributed by atoms with Crippen molar-refractivity contribution in [3.8, 4) is 56.4 Å². The quantitative estimate of drug-likeness (QED) is 0.131. The van der Waals surface area contributed by atoms with E-state index in [-0.39, 0.29) is 0 Å². The van der Waals surface area contributed by atoms with E-state index in [4.69, 9.17) is 19.9 Å². The molecule has 2 aromatic heterocycles. The lowest BCUT2D eigenvalue weighted by atomic mass is 9.91. The number of hydrogen-bond acceptors (Lipinski definition) is 4. The van der Waals surface area contributed by atoms with Crippen molar-refractivity contribution in [3.05, 3.63) is 175 Å². The summed E-state index contributed by atoms with van der Waals surface area (Å²) in [6.45, 7) is 4.23. The molecule has 0 N–H and O–H groups in total. The van der Waals surface area contributed by atoms with Crippen LogP contribution < -0.4 is 0 Å². The summed E-state index contributed by atoms with van der Waals surface area (Å²) < 4.78 is 0. The lowest BCUT2D eigenvalue weighted by Gasteiger charge is -2.16. The molecule has 0 amide bonds. The standard InChI is InChI=1S/C48H34N4/c1-3-14-32-27-29-41-43(42-30-28-34-17-10-11-21-39(34)45(42)49-44(41)31(32)2)35-23-25-37(26-24-35)47-50-46(36-18-8-5-9-19-36)51-48(52-47)40-22-13-12-20-38(40)33-15-6-4-7-16-33/h3-30H,1-2H3/b14-3-. The molecule has 0 spiro atoms. The minimum atomic E-state index is 0.626. The molecule has 0 unspecified atom stereocenters. The smallest absolute Gasteiger partial charge is 0.164 e. The number of allylic oxidation sites excluding steroid dienone is 1. The molecule has 0 saturated heterocycles. The van der Waals surface area contributed by atoms with Gasteiger partial charge in [0.05, 0.1) is 11.0 Å². The molecule has 52 heavy (non-hydrogen) atoms. The average Bonchev–Trinajstić information content (AvgIpc) is 3.22. The Hall–Kier alpha value is -6.78. The average molecular weight is 667 g/mol. The van der Waals surface area contributed by atoms with E-state index in [0.717, 1.165) is 60.6 Å². The van der Waals surface area contributed by atoms with Crippen LogP contribution in [-0.2, 0) is 0 Å². The fourth-order valence-electron chi connectivity index (χ4n) is 7.24. The largest absolute Gasteiger partial charge is 0.247 e. The predicted molar refractivity (Wildman–Crippen MR) is 217 cm³/mol. The Kier molecular flexibility index (Phi) is 7.90. The second-order valence-corrected chi connectivity index (χ2v) is 13.0. The third kappa shape index (κ3) is 5.51. The van der Waals surface area contributed by atoms with Gasteiger partial charge in [-0.25, -0.2) is 19.9 Å². The van der Waals surface area contributed by atoms with Gasteiger partial charge >= 0.3 is 0 Å². The minimum absolute atomic E-state index is 0.626. The Morgan fingerprint density at radius 2 is 0.962 bits per heavy atom. The summed E-state index contributed by atoms with van der Waals surface area (Å²) in [4.78, 5) is 20.5. The Labute approximate surface area is 302 Å².